The van der Waals surface area contributed by atoms with Crippen molar-refractivity contribution in [1.29, 1.82) is 0 Å². The van der Waals surface area contributed by atoms with Crippen LogP contribution in [0, 0.1) is 13.8 Å². The Balaban J connectivity index is 2.05. The maximum absolute atomic E-state index is 13.0. The van der Waals surface area contributed by atoms with Crippen LogP contribution in [0.15, 0.2) is 48.5 Å². The SMILES string of the molecule is Cc1ccc(NC(=O)C[S+]([O-])CC(=O)N(CC(=O)NC(C)(C)C)c2cccc(C)c2)cc1. The highest BCUT2D eigenvalue weighted by Crippen LogP contribution is 2.17. The summed E-state index contributed by atoms with van der Waals surface area (Å²) in [5.74, 6) is -1.92. The lowest BCUT2D eigenvalue weighted by Gasteiger charge is -2.26. The van der Waals surface area contributed by atoms with Gasteiger partial charge in [0.25, 0.3) is 11.8 Å². The summed E-state index contributed by atoms with van der Waals surface area (Å²) in [6.45, 7) is 9.18. The van der Waals surface area contributed by atoms with E-state index in [-0.39, 0.29) is 24.0 Å². The zero-order chi connectivity index (χ0) is 23.9. The first-order valence-electron chi connectivity index (χ1n) is 10.3. The third kappa shape index (κ3) is 8.72. The average molecular weight is 458 g/mol. The molecule has 0 aliphatic carbocycles. The Morgan fingerprint density at radius 2 is 1.59 bits per heavy atom. The van der Waals surface area contributed by atoms with E-state index in [4.69, 9.17) is 0 Å². The Bertz CT molecular complexity index is 954. The molecule has 8 heteroatoms. The van der Waals surface area contributed by atoms with Gasteiger partial charge in [-0.25, -0.2) is 0 Å². The number of carbonyl (C=O) groups excluding carboxylic acids is 3. The van der Waals surface area contributed by atoms with E-state index in [9.17, 15) is 18.9 Å². The summed E-state index contributed by atoms with van der Waals surface area (Å²) in [7, 11) is 0. The molecule has 0 aromatic heterocycles. The van der Waals surface area contributed by atoms with E-state index < -0.39 is 28.5 Å². The molecule has 2 rings (SSSR count). The smallest absolute Gasteiger partial charge is 0.277 e. The molecule has 7 nitrogen and oxygen atoms in total. The van der Waals surface area contributed by atoms with Gasteiger partial charge in [0.15, 0.2) is 11.5 Å². The van der Waals surface area contributed by atoms with Crippen molar-refractivity contribution in [3.05, 3.63) is 59.7 Å². The predicted octanol–water partition coefficient (Wildman–Crippen LogP) is 2.94. The molecule has 0 heterocycles. The minimum Gasteiger partial charge on any atom is -0.616 e. The lowest BCUT2D eigenvalue weighted by molar-refractivity contribution is -0.124. The standard InChI is InChI=1S/C24H31N3O4S/c1-17-9-11-19(12-10-17)25-22(29)15-32(31)16-23(30)27(14-21(28)26-24(3,4)5)20-8-6-7-18(2)13-20/h6-13H,14-16H2,1-5H3,(H,25,29)(H,26,28). The van der Waals surface area contributed by atoms with Gasteiger partial charge >= 0.3 is 0 Å². The molecule has 0 saturated heterocycles. The van der Waals surface area contributed by atoms with Crippen LogP contribution < -0.4 is 15.5 Å². The molecule has 0 spiro atoms. The van der Waals surface area contributed by atoms with Crippen molar-refractivity contribution in [2.24, 2.45) is 0 Å². The Labute approximate surface area is 192 Å². The number of carbonyl (C=O) groups is 3. The van der Waals surface area contributed by atoms with Crippen molar-refractivity contribution < 1.29 is 18.9 Å². The molecule has 0 saturated carbocycles. The molecule has 172 valence electrons. The van der Waals surface area contributed by atoms with Crippen LogP contribution in [0.3, 0.4) is 0 Å². The van der Waals surface area contributed by atoms with Crippen molar-refractivity contribution in [1.82, 2.24) is 5.32 Å². The van der Waals surface area contributed by atoms with Gasteiger partial charge in [-0.05, 0) is 75.6 Å². The Morgan fingerprint density at radius 3 is 2.19 bits per heavy atom. The van der Waals surface area contributed by atoms with Crippen LogP contribution >= 0.6 is 0 Å². The highest BCUT2D eigenvalue weighted by Gasteiger charge is 2.26. The lowest BCUT2D eigenvalue weighted by atomic mass is 10.1. The number of hydrogen-bond donors (Lipinski definition) is 2. The Morgan fingerprint density at radius 1 is 0.938 bits per heavy atom. The summed E-state index contributed by atoms with van der Waals surface area (Å²) in [6.07, 6.45) is 0. The third-order valence-electron chi connectivity index (χ3n) is 4.34. The van der Waals surface area contributed by atoms with Crippen LogP contribution in [0.2, 0.25) is 0 Å². The van der Waals surface area contributed by atoms with Gasteiger partial charge in [0, 0.05) is 16.9 Å². The highest BCUT2D eigenvalue weighted by atomic mass is 32.2. The average Bonchev–Trinajstić information content (AvgIpc) is 2.66. The number of hydrogen-bond acceptors (Lipinski definition) is 4. The van der Waals surface area contributed by atoms with Gasteiger partial charge in [0.2, 0.25) is 5.91 Å². The van der Waals surface area contributed by atoms with E-state index in [1.165, 1.54) is 4.90 Å². The molecule has 0 aliphatic heterocycles. The second kappa shape index (κ2) is 11.2. The number of rotatable bonds is 8. The zero-order valence-corrected chi connectivity index (χ0v) is 20.0. The van der Waals surface area contributed by atoms with Gasteiger partial charge in [0.1, 0.15) is 6.54 Å². The fourth-order valence-electron chi connectivity index (χ4n) is 2.97. The monoisotopic (exact) mass is 457 g/mol. The largest absolute Gasteiger partial charge is 0.616 e. The van der Waals surface area contributed by atoms with Crippen LogP contribution in [0.1, 0.15) is 31.9 Å². The minimum absolute atomic E-state index is 0.202. The van der Waals surface area contributed by atoms with Crippen molar-refractivity contribution in [3.8, 4) is 0 Å². The molecular formula is C24H31N3O4S. The van der Waals surface area contributed by atoms with E-state index in [1.54, 1.807) is 30.3 Å². The molecule has 3 amide bonds. The predicted molar refractivity (Wildman–Crippen MR) is 129 cm³/mol. The number of nitrogens with zero attached hydrogens (tertiary/aromatic N) is 1. The topological polar surface area (TPSA) is 102 Å². The van der Waals surface area contributed by atoms with Crippen LogP contribution in [0.4, 0.5) is 11.4 Å². The minimum atomic E-state index is -1.73. The second-order valence-corrected chi connectivity index (χ2v) is 10.2. The number of anilines is 2. The summed E-state index contributed by atoms with van der Waals surface area (Å²) < 4.78 is 12.5. The number of aryl methyl sites for hydroxylation is 2. The molecule has 2 N–H and O–H groups in total. The first-order chi connectivity index (χ1) is 14.9. The van der Waals surface area contributed by atoms with E-state index in [0.29, 0.717) is 11.4 Å². The van der Waals surface area contributed by atoms with Crippen LogP contribution in [0.5, 0.6) is 0 Å². The van der Waals surface area contributed by atoms with Gasteiger partial charge in [0.05, 0.1) is 0 Å². The Hall–Kier alpha value is -2.84. The van der Waals surface area contributed by atoms with Crippen LogP contribution in [-0.2, 0) is 25.6 Å². The lowest BCUT2D eigenvalue weighted by Crippen LogP contribution is -2.48. The molecule has 0 fully saturated rings. The van der Waals surface area contributed by atoms with Crippen molar-refractivity contribution in [2.45, 2.75) is 40.2 Å². The molecule has 32 heavy (non-hydrogen) atoms. The number of amides is 3. The van der Waals surface area contributed by atoms with Crippen molar-refractivity contribution in [2.75, 3.05) is 28.3 Å². The summed E-state index contributed by atoms with van der Waals surface area (Å²) in [4.78, 5) is 39.0. The van der Waals surface area contributed by atoms with Gasteiger partial charge in [-0.1, -0.05) is 29.8 Å². The summed E-state index contributed by atoms with van der Waals surface area (Å²) >= 11 is -1.73. The van der Waals surface area contributed by atoms with Crippen LogP contribution in [-0.4, -0.2) is 45.9 Å². The molecule has 0 radical (unpaired) electrons. The molecule has 1 atom stereocenters. The first kappa shape index (κ1) is 25.4. The molecule has 0 bridgehead atoms. The van der Waals surface area contributed by atoms with Gasteiger partial charge < -0.3 is 15.2 Å². The quantitative estimate of drug-likeness (QED) is 0.595. The summed E-state index contributed by atoms with van der Waals surface area (Å²) in [5.41, 5.74) is 2.68. The van der Waals surface area contributed by atoms with Crippen molar-refractivity contribution in [3.63, 3.8) is 0 Å². The highest BCUT2D eigenvalue weighted by molar-refractivity contribution is 7.92. The van der Waals surface area contributed by atoms with Crippen molar-refractivity contribution >= 4 is 40.3 Å². The number of benzene rings is 2. The fraction of sp³-hybridized carbons (Fsp3) is 0.375. The van der Waals surface area contributed by atoms with Crippen LogP contribution in [0.25, 0.3) is 0 Å². The molecule has 2 aromatic rings. The molecular weight excluding hydrogens is 426 g/mol. The van der Waals surface area contributed by atoms with Gasteiger partial charge in [-0.3, -0.25) is 19.3 Å². The maximum atomic E-state index is 13.0. The van der Waals surface area contributed by atoms with E-state index >= 15 is 0 Å². The Kier molecular flexibility index (Phi) is 8.86. The first-order valence-corrected chi connectivity index (χ1v) is 11.8. The fourth-order valence-corrected chi connectivity index (χ4v) is 3.87. The van der Waals surface area contributed by atoms with E-state index in [2.05, 4.69) is 10.6 Å². The number of nitrogens with one attached hydrogen (secondary N) is 2. The van der Waals surface area contributed by atoms with Gasteiger partial charge in [-0.15, -0.1) is 0 Å². The third-order valence-corrected chi connectivity index (χ3v) is 5.50. The molecule has 0 aliphatic rings. The maximum Gasteiger partial charge on any atom is 0.277 e. The van der Waals surface area contributed by atoms with Gasteiger partial charge in [-0.2, -0.15) is 0 Å². The summed E-state index contributed by atoms with van der Waals surface area (Å²) in [5, 5.41) is 5.51. The zero-order valence-electron chi connectivity index (χ0n) is 19.2. The second-order valence-electron chi connectivity index (χ2n) is 8.76. The molecule has 1 unspecified atom stereocenters. The van der Waals surface area contributed by atoms with E-state index in [0.717, 1.165) is 11.1 Å². The summed E-state index contributed by atoms with van der Waals surface area (Å²) in [6, 6.07) is 14.4. The molecule has 2 aromatic carbocycles. The van der Waals surface area contributed by atoms with E-state index in [1.807, 2.05) is 52.8 Å². The normalized spacial score (nSPS) is 12.1.